The summed E-state index contributed by atoms with van der Waals surface area (Å²) < 4.78 is 0.926. The number of hydrogen-bond acceptors (Lipinski definition) is 2. The Morgan fingerprint density at radius 3 is 2.44 bits per heavy atom. The number of carbonyl (C=O) groups excluding carboxylic acids is 1. The molecule has 0 aromatic heterocycles. The van der Waals surface area contributed by atoms with E-state index in [1.807, 2.05) is 18.2 Å². The molecule has 0 atom stereocenters. The molecule has 1 nitrogen and oxygen atoms in total. The van der Waals surface area contributed by atoms with E-state index in [1.54, 1.807) is 11.8 Å². The van der Waals surface area contributed by atoms with Crippen LogP contribution in [0.5, 0.6) is 0 Å². The monoisotopic (exact) mass is 320 g/mol. The zero-order valence-electron chi connectivity index (χ0n) is 10.2. The molecule has 2 aromatic rings. The number of benzene rings is 2. The molecule has 0 amide bonds. The van der Waals surface area contributed by atoms with Gasteiger partial charge in [0, 0.05) is 19.8 Å². The summed E-state index contributed by atoms with van der Waals surface area (Å²) in [5.41, 5.74) is 3.21. The highest BCUT2D eigenvalue weighted by molar-refractivity contribution is 9.10. The SMILES string of the molecule is Cc1ccc(Sc2ccc(Br)cc2C=O)c(C)c1. The summed E-state index contributed by atoms with van der Waals surface area (Å²) in [6.07, 6.45) is 0.899. The van der Waals surface area contributed by atoms with Crippen LogP contribution in [0.3, 0.4) is 0 Å². The van der Waals surface area contributed by atoms with Gasteiger partial charge in [0.05, 0.1) is 0 Å². The van der Waals surface area contributed by atoms with Gasteiger partial charge in [-0.2, -0.15) is 0 Å². The quantitative estimate of drug-likeness (QED) is 0.738. The molecule has 0 saturated heterocycles. The number of hydrogen-bond donors (Lipinski definition) is 0. The van der Waals surface area contributed by atoms with Gasteiger partial charge in [0.2, 0.25) is 0 Å². The van der Waals surface area contributed by atoms with Crippen LogP contribution in [0.2, 0.25) is 0 Å². The van der Waals surface area contributed by atoms with E-state index in [4.69, 9.17) is 0 Å². The van der Waals surface area contributed by atoms with Gasteiger partial charge in [-0.1, -0.05) is 45.4 Å². The third-order valence-electron chi connectivity index (χ3n) is 2.65. The van der Waals surface area contributed by atoms with Gasteiger partial charge in [-0.15, -0.1) is 0 Å². The molecule has 0 aliphatic carbocycles. The maximum absolute atomic E-state index is 11.1. The Bertz CT molecular complexity index is 593. The molecule has 0 aliphatic rings. The van der Waals surface area contributed by atoms with E-state index in [0.29, 0.717) is 5.56 Å². The van der Waals surface area contributed by atoms with E-state index >= 15 is 0 Å². The Labute approximate surface area is 120 Å². The summed E-state index contributed by atoms with van der Waals surface area (Å²) in [7, 11) is 0. The van der Waals surface area contributed by atoms with Gasteiger partial charge in [0.1, 0.15) is 0 Å². The second-order valence-corrected chi connectivity index (χ2v) is 6.17. The molecule has 0 spiro atoms. The number of aldehydes is 1. The van der Waals surface area contributed by atoms with Gasteiger partial charge in [0.25, 0.3) is 0 Å². The maximum Gasteiger partial charge on any atom is 0.151 e. The van der Waals surface area contributed by atoms with E-state index in [0.717, 1.165) is 15.7 Å². The van der Waals surface area contributed by atoms with Crippen LogP contribution in [0.15, 0.2) is 50.7 Å². The Balaban J connectivity index is 2.36. The van der Waals surface area contributed by atoms with E-state index < -0.39 is 0 Å². The second kappa shape index (κ2) is 5.72. The van der Waals surface area contributed by atoms with Gasteiger partial charge in [-0.05, 0) is 43.7 Å². The van der Waals surface area contributed by atoms with Crippen molar-refractivity contribution in [3.05, 3.63) is 57.6 Å². The van der Waals surface area contributed by atoms with Gasteiger partial charge in [0.15, 0.2) is 6.29 Å². The average molecular weight is 321 g/mol. The van der Waals surface area contributed by atoms with Crippen molar-refractivity contribution >= 4 is 34.0 Å². The van der Waals surface area contributed by atoms with Gasteiger partial charge >= 0.3 is 0 Å². The molecule has 2 rings (SSSR count). The molecule has 0 saturated carbocycles. The fourth-order valence-corrected chi connectivity index (χ4v) is 3.07. The van der Waals surface area contributed by atoms with E-state index in [1.165, 1.54) is 16.0 Å². The summed E-state index contributed by atoms with van der Waals surface area (Å²) in [5, 5.41) is 0. The average Bonchev–Trinajstić information content (AvgIpc) is 2.34. The predicted octanol–water partition coefficient (Wildman–Crippen LogP) is 5.03. The fourth-order valence-electron chi connectivity index (χ4n) is 1.74. The Hall–Kier alpha value is -1.06. The second-order valence-electron chi connectivity index (χ2n) is 4.17. The first-order chi connectivity index (χ1) is 8.60. The lowest BCUT2D eigenvalue weighted by atomic mass is 10.2. The zero-order chi connectivity index (χ0) is 13.1. The van der Waals surface area contributed by atoms with Crippen molar-refractivity contribution in [3.63, 3.8) is 0 Å². The molecule has 92 valence electrons. The van der Waals surface area contributed by atoms with Crippen molar-refractivity contribution in [2.75, 3.05) is 0 Å². The topological polar surface area (TPSA) is 17.1 Å². The molecular formula is C15H13BrOS. The van der Waals surface area contributed by atoms with Gasteiger partial charge < -0.3 is 0 Å². The Morgan fingerprint density at radius 1 is 1.06 bits per heavy atom. The Kier molecular flexibility index (Phi) is 4.25. The lowest BCUT2D eigenvalue weighted by molar-refractivity contribution is 0.112. The highest BCUT2D eigenvalue weighted by Gasteiger charge is 2.06. The molecule has 3 heteroatoms. The van der Waals surface area contributed by atoms with Crippen molar-refractivity contribution in [1.29, 1.82) is 0 Å². The van der Waals surface area contributed by atoms with Crippen LogP contribution in [-0.2, 0) is 0 Å². The highest BCUT2D eigenvalue weighted by Crippen LogP contribution is 2.33. The van der Waals surface area contributed by atoms with Crippen LogP contribution in [0.25, 0.3) is 0 Å². The summed E-state index contributed by atoms with van der Waals surface area (Å²) in [6.45, 7) is 4.17. The van der Waals surface area contributed by atoms with Crippen molar-refractivity contribution in [3.8, 4) is 0 Å². The summed E-state index contributed by atoms with van der Waals surface area (Å²) in [4.78, 5) is 13.2. The Morgan fingerprint density at radius 2 is 1.78 bits per heavy atom. The van der Waals surface area contributed by atoms with Crippen LogP contribution in [-0.4, -0.2) is 6.29 Å². The van der Waals surface area contributed by atoms with Crippen molar-refractivity contribution < 1.29 is 4.79 Å². The molecule has 2 aromatic carbocycles. The van der Waals surface area contributed by atoms with Gasteiger partial charge in [-0.25, -0.2) is 0 Å². The maximum atomic E-state index is 11.1. The van der Waals surface area contributed by atoms with E-state index in [-0.39, 0.29) is 0 Å². The molecule has 0 unspecified atom stereocenters. The summed E-state index contributed by atoms with van der Waals surface area (Å²) in [5.74, 6) is 0. The van der Waals surface area contributed by atoms with Crippen molar-refractivity contribution in [1.82, 2.24) is 0 Å². The van der Waals surface area contributed by atoms with Crippen molar-refractivity contribution in [2.45, 2.75) is 23.6 Å². The molecular weight excluding hydrogens is 308 g/mol. The van der Waals surface area contributed by atoms with Crippen LogP contribution >= 0.6 is 27.7 Å². The van der Waals surface area contributed by atoms with E-state index in [9.17, 15) is 4.79 Å². The number of rotatable bonds is 3. The van der Waals surface area contributed by atoms with Gasteiger partial charge in [-0.3, -0.25) is 4.79 Å². The summed E-state index contributed by atoms with van der Waals surface area (Å²) in [6, 6.07) is 12.1. The molecule has 0 radical (unpaired) electrons. The lowest BCUT2D eigenvalue weighted by Gasteiger charge is -2.08. The molecule has 18 heavy (non-hydrogen) atoms. The minimum Gasteiger partial charge on any atom is -0.298 e. The molecule has 0 bridgehead atoms. The number of halogens is 1. The smallest absolute Gasteiger partial charge is 0.151 e. The third-order valence-corrected chi connectivity index (χ3v) is 4.41. The highest BCUT2D eigenvalue weighted by atomic mass is 79.9. The lowest BCUT2D eigenvalue weighted by Crippen LogP contribution is -1.87. The standard InChI is InChI=1S/C15H13BrOS/c1-10-3-5-14(11(2)7-10)18-15-6-4-13(16)8-12(15)9-17/h3-9H,1-2H3. The first kappa shape index (κ1) is 13.4. The fraction of sp³-hybridized carbons (Fsp3) is 0.133. The predicted molar refractivity (Wildman–Crippen MR) is 79.6 cm³/mol. The number of carbonyl (C=O) groups is 1. The van der Waals surface area contributed by atoms with Crippen LogP contribution in [0.1, 0.15) is 21.5 Å². The van der Waals surface area contributed by atoms with Crippen LogP contribution in [0, 0.1) is 13.8 Å². The number of aryl methyl sites for hydroxylation is 2. The first-order valence-electron chi connectivity index (χ1n) is 5.60. The third kappa shape index (κ3) is 3.03. The van der Waals surface area contributed by atoms with Crippen LogP contribution in [0.4, 0.5) is 0 Å². The normalized spacial score (nSPS) is 10.4. The molecule has 0 N–H and O–H groups in total. The zero-order valence-corrected chi connectivity index (χ0v) is 12.6. The van der Waals surface area contributed by atoms with E-state index in [2.05, 4.69) is 48.0 Å². The largest absolute Gasteiger partial charge is 0.298 e. The van der Waals surface area contributed by atoms with Crippen LogP contribution < -0.4 is 0 Å². The first-order valence-corrected chi connectivity index (χ1v) is 7.21. The molecule has 0 aliphatic heterocycles. The minimum atomic E-state index is 0.717. The minimum absolute atomic E-state index is 0.717. The molecule has 0 heterocycles. The molecule has 0 fully saturated rings. The van der Waals surface area contributed by atoms with Crippen molar-refractivity contribution in [2.24, 2.45) is 0 Å². The summed E-state index contributed by atoms with van der Waals surface area (Å²) >= 11 is 5.01.